The van der Waals surface area contributed by atoms with Crippen molar-refractivity contribution in [2.24, 2.45) is 5.73 Å². The summed E-state index contributed by atoms with van der Waals surface area (Å²) < 4.78 is 0. The fourth-order valence-corrected chi connectivity index (χ4v) is 3.46. The van der Waals surface area contributed by atoms with Crippen molar-refractivity contribution in [3.8, 4) is 0 Å². The van der Waals surface area contributed by atoms with Crippen molar-refractivity contribution in [1.29, 1.82) is 0 Å². The van der Waals surface area contributed by atoms with E-state index in [1.807, 2.05) is 25.1 Å². The second-order valence-electron chi connectivity index (χ2n) is 6.48. The molecule has 1 aliphatic carbocycles. The fourth-order valence-electron chi connectivity index (χ4n) is 3.46. The number of carbonyl (C=O) groups excluding carboxylic acids is 1. The molecule has 0 heterocycles. The number of nitrogens with one attached hydrogen (secondary N) is 1. The minimum Gasteiger partial charge on any atom is -0.348 e. The Bertz CT molecular complexity index is 675. The molecular weight excluding hydrogens is 308 g/mol. The Kier molecular flexibility index (Phi) is 5.66. The standard InChI is InChI=1S/C19H24N2O.ClH/c1-14(21-18(22)19(20)12-5-2-6-13-19)16-11-7-9-15-8-3-4-10-17(15)16;/h3-4,7-11,14H,2,5-6,12-13,20H2,1H3,(H,21,22);1H. The SMILES string of the molecule is CC(NC(=O)C1(N)CCCCC1)c1cccc2ccccc12.Cl. The average molecular weight is 333 g/mol. The Labute approximate surface area is 144 Å². The van der Waals surface area contributed by atoms with E-state index in [1.165, 1.54) is 17.2 Å². The summed E-state index contributed by atoms with van der Waals surface area (Å²) in [5.41, 5.74) is 6.79. The molecule has 0 saturated heterocycles. The summed E-state index contributed by atoms with van der Waals surface area (Å²) in [5.74, 6) is -0.00682. The molecule has 1 aliphatic rings. The zero-order valence-corrected chi connectivity index (χ0v) is 14.4. The smallest absolute Gasteiger partial charge is 0.240 e. The third-order valence-electron chi connectivity index (χ3n) is 4.84. The molecule has 0 aromatic heterocycles. The van der Waals surface area contributed by atoms with Crippen molar-refractivity contribution in [3.63, 3.8) is 0 Å². The van der Waals surface area contributed by atoms with Crippen LogP contribution in [0.2, 0.25) is 0 Å². The van der Waals surface area contributed by atoms with Gasteiger partial charge in [-0.3, -0.25) is 4.79 Å². The molecule has 0 bridgehead atoms. The molecule has 0 radical (unpaired) electrons. The first-order valence-corrected chi connectivity index (χ1v) is 8.18. The molecule has 3 rings (SSSR count). The highest BCUT2D eigenvalue weighted by atomic mass is 35.5. The van der Waals surface area contributed by atoms with E-state index in [0.717, 1.165) is 31.2 Å². The molecule has 4 heteroatoms. The van der Waals surface area contributed by atoms with Crippen molar-refractivity contribution in [2.45, 2.75) is 50.6 Å². The van der Waals surface area contributed by atoms with Gasteiger partial charge >= 0.3 is 0 Å². The van der Waals surface area contributed by atoms with Crippen molar-refractivity contribution in [1.82, 2.24) is 5.32 Å². The van der Waals surface area contributed by atoms with Gasteiger partial charge < -0.3 is 11.1 Å². The molecule has 124 valence electrons. The highest BCUT2D eigenvalue weighted by Crippen LogP contribution is 2.28. The molecule has 1 amide bonds. The first-order valence-electron chi connectivity index (χ1n) is 8.18. The molecule has 2 aromatic carbocycles. The van der Waals surface area contributed by atoms with E-state index in [2.05, 4.69) is 29.6 Å². The largest absolute Gasteiger partial charge is 0.348 e. The number of hydrogen-bond acceptors (Lipinski definition) is 2. The van der Waals surface area contributed by atoms with Crippen LogP contribution in [-0.2, 0) is 4.79 Å². The lowest BCUT2D eigenvalue weighted by atomic mass is 9.81. The topological polar surface area (TPSA) is 55.1 Å². The van der Waals surface area contributed by atoms with Gasteiger partial charge in [-0.2, -0.15) is 0 Å². The predicted octanol–water partition coefficient (Wildman–Crippen LogP) is 4.10. The van der Waals surface area contributed by atoms with Crippen LogP contribution in [-0.4, -0.2) is 11.4 Å². The van der Waals surface area contributed by atoms with Gasteiger partial charge in [0.05, 0.1) is 11.6 Å². The third-order valence-corrected chi connectivity index (χ3v) is 4.84. The summed E-state index contributed by atoms with van der Waals surface area (Å²) in [4.78, 5) is 12.6. The number of rotatable bonds is 3. The van der Waals surface area contributed by atoms with E-state index in [-0.39, 0.29) is 24.4 Å². The molecule has 1 saturated carbocycles. The zero-order valence-electron chi connectivity index (χ0n) is 13.5. The van der Waals surface area contributed by atoms with Crippen molar-refractivity contribution in [3.05, 3.63) is 48.0 Å². The molecule has 0 spiro atoms. The van der Waals surface area contributed by atoms with Crippen LogP contribution >= 0.6 is 12.4 Å². The molecule has 23 heavy (non-hydrogen) atoms. The maximum atomic E-state index is 12.6. The molecule has 1 unspecified atom stereocenters. The van der Waals surface area contributed by atoms with Gasteiger partial charge in [-0.15, -0.1) is 12.4 Å². The summed E-state index contributed by atoms with van der Waals surface area (Å²) >= 11 is 0. The minimum absolute atomic E-state index is 0. The van der Waals surface area contributed by atoms with Gasteiger partial charge in [0.15, 0.2) is 0 Å². The fraction of sp³-hybridized carbons (Fsp3) is 0.421. The number of fused-ring (bicyclic) bond motifs is 1. The van der Waals surface area contributed by atoms with Crippen LogP contribution in [0.25, 0.3) is 10.8 Å². The van der Waals surface area contributed by atoms with Crippen molar-refractivity contribution >= 4 is 29.1 Å². The van der Waals surface area contributed by atoms with E-state index in [4.69, 9.17) is 5.73 Å². The Morgan fingerprint density at radius 1 is 1.09 bits per heavy atom. The molecule has 3 N–H and O–H groups in total. The monoisotopic (exact) mass is 332 g/mol. The molecule has 3 nitrogen and oxygen atoms in total. The Balaban J connectivity index is 0.00000192. The van der Waals surface area contributed by atoms with Gasteiger partial charge in [-0.25, -0.2) is 0 Å². The van der Waals surface area contributed by atoms with Gasteiger partial charge in [-0.1, -0.05) is 61.7 Å². The number of amides is 1. The lowest BCUT2D eigenvalue weighted by Crippen LogP contribution is -2.55. The maximum absolute atomic E-state index is 12.6. The zero-order chi connectivity index (χ0) is 15.6. The van der Waals surface area contributed by atoms with Crippen LogP contribution in [0.15, 0.2) is 42.5 Å². The van der Waals surface area contributed by atoms with Gasteiger partial charge in [0.2, 0.25) is 5.91 Å². The van der Waals surface area contributed by atoms with E-state index in [0.29, 0.717) is 0 Å². The van der Waals surface area contributed by atoms with Crippen molar-refractivity contribution in [2.75, 3.05) is 0 Å². The third kappa shape index (κ3) is 3.67. The molecular formula is C19H25ClN2O. The lowest BCUT2D eigenvalue weighted by Gasteiger charge is -2.33. The Morgan fingerprint density at radius 3 is 2.48 bits per heavy atom. The van der Waals surface area contributed by atoms with Crippen LogP contribution in [0, 0.1) is 0 Å². The summed E-state index contributed by atoms with van der Waals surface area (Å²) in [5, 5.41) is 5.52. The van der Waals surface area contributed by atoms with Gasteiger partial charge in [0.1, 0.15) is 0 Å². The summed E-state index contributed by atoms with van der Waals surface area (Å²) in [6, 6.07) is 14.4. The predicted molar refractivity (Wildman–Crippen MR) is 97.8 cm³/mol. The second-order valence-corrected chi connectivity index (χ2v) is 6.48. The summed E-state index contributed by atoms with van der Waals surface area (Å²) in [6.45, 7) is 2.03. The Morgan fingerprint density at radius 2 is 1.74 bits per heavy atom. The van der Waals surface area contributed by atoms with E-state index in [9.17, 15) is 4.79 Å². The molecule has 1 fully saturated rings. The van der Waals surface area contributed by atoms with Crippen LogP contribution in [0.1, 0.15) is 50.6 Å². The summed E-state index contributed by atoms with van der Waals surface area (Å²) in [6.07, 6.45) is 4.87. The van der Waals surface area contributed by atoms with Crippen LogP contribution in [0.4, 0.5) is 0 Å². The van der Waals surface area contributed by atoms with Crippen LogP contribution in [0.5, 0.6) is 0 Å². The number of carbonyl (C=O) groups is 1. The first kappa shape index (κ1) is 17.8. The maximum Gasteiger partial charge on any atom is 0.240 e. The normalized spacial score (nSPS) is 18.0. The van der Waals surface area contributed by atoms with Crippen LogP contribution in [0.3, 0.4) is 0 Å². The average Bonchev–Trinajstić information content (AvgIpc) is 2.55. The number of hydrogen-bond donors (Lipinski definition) is 2. The number of nitrogens with two attached hydrogens (primary N) is 1. The van der Waals surface area contributed by atoms with E-state index >= 15 is 0 Å². The Hall–Kier alpha value is -1.58. The van der Waals surface area contributed by atoms with Crippen molar-refractivity contribution < 1.29 is 4.79 Å². The highest BCUT2D eigenvalue weighted by Gasteiger charge is 2.35. The van der Waals surface area contributed by atoms with E-state index < -0.39 is 5.54 Å². The van der Waals surface area contributed by atoms with E-state index in [1.54, 1.807) is 0 Å². The van der Waals surface area contributed by atoms with Gasteiger partial charge in [-0.05, 0) is 36.1 Å². The van der Waals surface area contributed by atoms with Crippen LogP contribution < -0.4 is 11.1 Å². The molecule has 0 aliphatic heterocycles. The quantitative estimate of drug-likeness (QED) is 0.889. The first-order chi connectivity index (χ1) is 10.6. The second kappa shape index (κ2) is 7.33. The lowest BCUT2D eigenvalue weighted by molar-refractivity contribution is -0.128. The molecule has 1 atom stereocenters. The summed E-state index contributed by atoms with van der Waals surface area (Å²) in [7, 11) is 0. The molecule has 2 aromatic rings. The number of benzene rings is 2. The van der Waals surface area contributed by atoms with Gasteiger partial charge in [0.25, 0.3) is 0 Å². The van der Waals surface area contributed by atoms with Gasteiger partial charge in [0, 0.05) is 0 Å². The highest BCUT2D eigenvalue weighted by molar-refractivity contribution is 5.89. The number of halogens is 1. The minimum atomic E-state index is -0.683.